The van der Waals surface area contributed by atoms with Crippen LogP contribution in [0.5, 0.6) is 0 Å². The fourth-order valence-electron chi connectivity index (χ4n) is 2.63. The van der Waals surface area contributed by atoms with E-state index in [1.54, 1.807) is 0 Å². The van der Waals surface area contributed by atoms with E-state index in [-0.39, 0.29) is 29.8 Å². The van der Waals surface area contributed by atoms with Gasteiger partial charge in [0.05, 0.1) is 11.8 Å². The smallest absolute Gasteiger partial charge is 0.162 e. The van der Waals surface area contributed by atoms with Gasteiger partial charge >= 0.3 is 0 Å². The number of hydrogen-bond acceptors (Lipinski definition) is 3. The van der Waals surface area contributed by atoms with Gasteiger partial charge in [0, 0.05) is 24.3 Å². The summed E-state index contributed by atoms with van der Waals surface area (Å²) < 4.78 is 0. The molecule has 1 atom stereocenters. The minimum Gasteiger partial charge on any atom is -0.512 e. The van der Waals surface area contributed by atoms with Crippen molar-refractivity contribution in [1.82, 2.24) is 0 Å². The second kappa shape index (κ2) is 6.75. The van der Waals surface area contributed by atoms with Gasteiger partial charge in [0.1, 0.15) is 0 Å². The number of allylic oxidation sites excluding steroid dienone is 2. The Morgan fingerprint density at radius 2 is 2.05 bits per heavy atom. The Morgan fingerprint density at radius 3 is 2.53 bits per heavy atom. The van der Waals surface area contributed by atoms with E-state index in [4.69, 9.17) is 5.26 Å². The summed E-state index contributed by atoms with van der Waals surface area (Å²) in [6.45, 7) is 6.39. The SMILES string of the molecule is CCC(CC#N)C(O)=CC(=O)C1CCC(C)(C)CC1. The maximum absolute atomic E-state index is 12.1. The summed E-state index contributed by atoms with van der Waals surface area (Å²) in [5.74, 6) is -0.0352. The molecule has 1 rings (SSSR count). The van der Waals surface area contributed by atoms with Crippen molar-refractivity contribution in [3.05, 3.63) is 11.8 Å². The van der Waals surface area contributed by atoms with E-state index < -0.39 is 0 Å². The number of aliphatic hydroxyl groups is 1. The summed E-state index contributed by atoms with van der Waals surface area (Å²) in [6.07, 6.45) is 6.26. The molecule has 0 radical (unpaired) electrons. The van der Waals surface area contributed by atoms with Gasteiger partial charge in [-0.3, -0.25) is 4.79 Å². The number of carbonyl (C=O) groups excluding carboxylic acids is 1. The van der Waals surface area contributed by atoms with Crippen LogP contribution < -0.4 is 0 Å². The highest BCUT2D eigenvalue weighted by Crippen LogP contribution is 2.38. The molecule has 0 heterocycles. The number of nitriles is 1. The zero-order valence-corrected chi connectivity index (χ0v) is 12.3. The van der Waals surface area contributed by atoms with E-state index in [0.29, 0.717) is 11.8 Å². The van der Waals surface area contributed by atoms with Gasteiger partial charge in [0.15, 0.2) is 5.78 Å². The first-order chi connectivity index (χ1) is 8.89. The van der Waals surface area contributed by atoms with E-state index in [2.05, 4.69) is 19.9 Å². The van der Waals surface area contributed by atoms with Crippen molar-refractivity contribution in [2.24, 2.45) is 17.3 Å². The first-order valence-electron chi connectivity index (χ1n) is 7.21. The normalized spacial score (nSPS) is 21.7. The predicted molar refractivity (Wildman–Crippen MR) is 75.5 cm³/mol. The van der Waals surface area contributed by atoms with E-state index >= 15 is 0 Å². The van der Waals surface area contributed by atoms with Crippen LogP contribution in [0.4, 0.5) is 0 Å². The van der Waals surface area contributed by atoms with E-state index in [1.165, 1.54) is 6.08 Å². The molecule has 0 bridgehead atoms. The van der Waals surface area contributed by atoms with Gasteiger partial charge in [-0.05, 0) is 37.5 Å². The average molecular weight is 263 g/mol. The molecular formula is C16H25NO2. The highest BCUT2D eigenvalue weighted by Gasteiger charge is 2.30. The zero-order valence-electron chi connectivity index (χ0n) is 12.3. The Balaban J connectivity index is 2.61. The van der Waals surface area contributed by atoms with Crippen molar-refractivity contribution >= 4 is 5.78 Å². The van der Waals surface area contributed by atoms with Crippen molar-refractivity contribution in [1.29, 1.82) is 5.26 Å². The minimum absolute atomic E-state index is 0.0318. The molecule has 0 aromatic rings. The largest absolute Gasteiger partial charge is 0.512 e. The Bertz CT molecular complexity index is 380. The van der Waals surface area contributed by atoms with Gasteiger partial charge < -0.3 is 5.11 Å². The number of hydrogen-bond donors (Lipinski definition) is 1. The van der Waals surface area contributed by atoms with Gasteiger partial charge in [-0.25, -0.2) is 0 Å². The summed E-state index contributed by atoms with van der Waals surface area (Å²) in [4.78, 5) is 12.1. The molecule has 1 saturated carbocycles. The monoisotopic (exact) mass is 263 g/mol. The van der Waals surface area contributed by atoms with Crippen LogP contribution in [-0.4, -0.2) is 10.9 Å². The second-order valence-electron chi connectivity index (χ2n) is 6.38. The van der Waals surface area contributed by atoms with Crippen molar-refractivity contribution in [2.75, 3.05) is 0 Å². The Labute approximate surface area is 116 Å². The molecule has 1 aliphatic rings. The summed E-state index contributed by atoms with van der Waals surface area (Å²) >= 11 is 0. The molecule has 3 heteroatoms. The quantitative estimate of drug-likeness (QED) is 0.598. The van der Waals surface area contributed by atoms with E-state index in [1.807, 2.05) is 6.92 Å². The predicted octanol–water partition coefficient (Wildman–Crippen LogP) is 4.15. The highest BCUT2D eigenvalue weighted by atomic mass is 16.3. The van der Waals surface area contributed by atoms with Crippen LogP contribution in [0.3, 0.4) is 0 Å². The van der Waals surface area contributed by atoms with Crippen LogP contribution in [0.25, 0.3) is 0 Å². The molecule has 0 saturated heterocycles. The lowest BCUT2D eigenvalue weighted by molar-refractivity contribution is -0.119. The van der Waals surface area contributed by atoms with Crippen molar-refractivity contribution in [2.45, 2.75) is 59.3 Å². The molecule has 1 unspecified atom stereocenters. The third-order valence-corrected chi connectivity index (χ3v) is 4.28. The van der Waals surface area contributed by atoms with Crippen molar-refractivity contribution in [3.63, 3.8) is 0 Å². The second-order valence-corrected chi connectivity index (χ2v) is 6.38. The van der Waals surface area contributed by atoms with E-state index in [9.17, 15) is 9.90 Å². The molecule has 1 fully saturated rings. The molecule has 0 aromatic heterocycles. The molecule has 1 N–H and O–H groups in total. The standard InChI is InChI=1S/C16H25NO2/c1-4-12(7-10-17)14(18)11-15(19)13-5-8-16(2,3)9-6-13/h11-13,18H,4-9H2,1-3H3. The first-order valence-corrected chi connectivity index (χ1v) is 7.21. The van der Waals surface area contributed by atoms with Crippen LogP contribution in [0.2, 0.25) is 0 Å². The zero-order chi connectivity index (χ0) is 14.5. The average Bonchev–Trinajstić information content (AvgIpc) is 2.35. The molecule has 0 aliphatic heterocycles. The van der Waals surface area contributed by atoms with E-state index in [0.717, 1.165) is 25.7 Å². The minimum atomic E-state index is -0.200. The van der Waals surface area contributed by atoms with Gasteiger partial charge in [0.25, 0.3) is 0 Å². The van der Waals surface area contributed by atoms with Gasteiger partial charge in [-0.2, -0.15) is 5.26 Å². The lowest BCUT2D eigenvalue weighted by Gasteiger charge is -2.33. The fourth-order valence-corrected chi connectivity index (χ4v) is 2.63. The number of nitrogens with zero attached hydrogens (tertiary/aromatic N) is 1. The number of ketones is 1. The molecule has 1 aliphatic carbocycles. The van der Waals surface area contributed by atoms with Crippen LogP contribution >= 0.6 is 0 Å². The molecular weight excluding hydrogens is 238 g/mol. The number of aliphatic hydroxyl groups excluding tert-OH is 1. The summed E-state index contributed by atoms with van der Waals surface area (Å²) in [6, 6.07) is 2.05. The number of carbonyl (C=O) groups is 1. The fraction of sp³-hybridized carbons (Fsp3) is 0.750. The van der Waals surface area contributed by atoms with Gasteiger partial charge in [-0.1, -0.05) is 20.8 Å². The Hall–Kier alpha value is -1.30. The molecule has 19 heavy (non-hydrogen) atoms. The van der Waals surface area contributed by atoms with Crippen molar-refractivity contribution < 1.29 is 9.90 Å². The first kappa shape index (κ1) is 15.8. The van der Waals surface area contributed by atoms with Crippen LogP contribution in [-0.2, 0) is 4.79 Å². The molecule has 0 amide bonds. The number of rotatable bonds is 5. The van der Waals surface area contributed by atoms with Crippen LogP contribution in [0, 0.1) is 28.6 Å². The molecule has 0 spiro atoms. The maximum Gasteiger partial charge on any atom is 0.162 e. The molecule has 3 nitrogen and oxygen atoms in total. The Morgan fingerprint density at radius 1 is 1.47 bits per heavy atom. The summed E-state index contributed by atoms with van der Waals surface area (Å²) in [7, 11) is 0. The third-order valence-electron chi connectivity index (χ3n) is 4.28. The summed E-state index contributed by atoms with van der Waals surface area (Å²) in [5, 5.41) is 18.6. The third kappa shape index (κ3) is 4.70. The summed E-state index contributed by atoms with van der Waals surface area (Å²) in [5.41, 5.74) is 0.343. The van der Waals surface area contributed by atoms with Crippen molar-refractivity contribution in [3.8, 4) is 6.07 Å². The van der Waals surface area contributed by atoms with Crippen LogP contribution in [0.1, 0.15) is 59.3 Å². The molecule has 0 aromatic carbocycles. The molecule has 106 valence electrons. The lowest BCUT2D eigenvalue weighted by atomic mass is 9.72. The van der Waals surface area contributed by atoms with Gasteiger partial charge in [0.2, 0.25) is 0 Å². The highest BCUT2D eigenvalue weighted by molar-refractivity contribution is 5.92. The Kier molecular flexibility index (Phi) is 5.60. The van der Waals surface area contributed by atoms with Crippen LogP contribution in [0.15, 0.2) is 11.8 Å². The lowest BCUT2D eigenvalue weighted by Crippen LogP contribution is -2.25. The topological polar surface area (TPSA) is 61.1 Å². The maximum atomic E-state index is 12.1. The van der Waals surface area contributed by atoms with Gasteiger partial charge in [-0.15, -0.1) is 0 Å².